The second-order valence-corrected chi connectivity index (χ2v) is 7.40. The van der Waals surface area contributed by atoms with Crippen LogP contribution in [0.25, 0.3) is 0 Å². The number of amides is 1. The summed E-state index contributed by atoms with van der Waals surface area (Å²) in [4.78, 5) is 24.4. The van der Waals surface area contributed by atoms with E-state index < -0.39 is 5.97 Å². The van der Waals surface area contributed by atoms with Gasteiger partial charge in [0.1, 0.15) is 5.75 Å². The Bertz CT molecular complexity index is 1170. The van der Waals surface area contributed by atoms with Gasteiger partial charge in [0.05, 0.1) is 18.9 Å². The van der Waals surface area contributed by atoms with Crippen molar-refractivity contribution in [1.82, 2.24) is 5.43 Å². The summed E-state index contributed by atoms with van der Waals surface area (Å²) in [5.74, 6) is 0.487. The molecule has 3 aromatic rings. The van der Waals surface area contributed by atoms with Crippen molar-refractivity contribution in [1.29, 1.82) is 0 Å². The van der Waals surface area contributed by atoms with Gasteiger partial charge in [-0.05, 0) is 73.4 Å². The highest BCUT2D eigenvalue weighted by Crippen LogP contribution is 2.28. The van der Waals surface area contributed by atoms with Crippen LogP contribution in [0.3, 0.4) is 0 Å². The van der Waals surface area contributed by atoms with Crippen molar-refractivity contribution in [2.75, 3.05) is 13.7 Å². The molecule has 0 aliphatic rings. The van der Waals surface area contributed by atoms with E-state index in [0.29, 0.717) is 22.6 Å². The first-order chi connectivity index (χ1) is 15.9. The Labute approximate surface area is 193 Å². The van der Waals surface area contributed by atoms with Gasteiger partial charge in [-0.3, -0.25) is 4.79 Å². The van der Waals surface area contributed by atoms with Crippen molar-refractivity contribution < 1.29 is 23.8 Å². The lowest BCUT2D eigenvalue weighted by Crippen LogP contribution is -2.25. The number of benzene rings is 3. The van der Waals surface area contributed by atoms with Crippen LogP contribution in [0.2, 0.25) is 0 Å². The van der Waals surface area contributed by atoms with Gasteiger partial charge in [0.25, 0.3) is 5.91 Å². The summed E-state index contributed by atoms with van der Waals surface area (Å²) in [5, 5.41) is 3.96. The maximum absolute atomic E-state index is 12.3. The van der Waals surface area contributed by atoms with Gasteiger partial charge in [-0.15, -0.1) is 0 Å². The molecule has 0 aromatic heterocycles. The van der Waals surface area contributed by atoms with E-state index in [2.05, 4.69) is 10.5 Å². The molecule has 170 valence electrons. The lowest BCUT2D eigenvalue weighted by Gasteiger charge is -2.13. The Kier molecular flexibility index (Phi) is 7.81. The molecule has 33 heavy (non-hydrogen) atoms. The Morgan fingerprint density at radius 1 is 0.939 bits per heavy atom. The van der Waals surface area contributed by atoms with Gasteiger partial charge >= 0.3 is 5.97 Å². The van der Waals surface area contributed by atoms with Crippen LogP contribution in [-0.2, 0) is 4.79 Å². The third-order valence-electron chi connectivity index (χ3n) is 5.02. The summed E-state index contributed by atoms with van der Waals surface area (Å²) in [7, 11) is 1.48. The van der Waals surface area contributed by atoms with Crippen LogP contribution in [0.15, 0.2) is 65.8 Å². The number of hydrazone groups is 1. The van der Waals surface area contributed by atoms with Gasteiger partial charge in [0.2, 0.25) is 0 Å². The molecule has 0 aliphatic carbocycles. The predicted molar refractivity (Wildman–Crippen MR) is 126 cm³/mol. The summed E-state index contributed by atoms with van der Waals surface area (Å²) in [6, 6.07) is 17.6. The van der Waals surface area contributed by atoms with Crippen molar-refractivity contribution in [2.45, 2.75) is 20.8 Å². The number of aryl methyl sites for hydroxylation is 2. The molecule has 3 aromatic carbocycles. The number of hydrogen-bond acceptors (Lipinski definition) is 6. The highest BCUT2D eigenvalue weighted by Gasteiger charge is 2.13. The van der Waals surface area contributed by atoms with Gasteiger partial charge in [0, 0.05) is 0 Å². The number of rotatable bonds is 8. The van der Waals surface area contributed by atoms with Gasteiger partial charge in [0.15, 0.2) is 18.1 Å². The van der Waals surface area contributed by atoms with E-state index in [0.717, 1.165) is 16.7 Å². The van der Waals surface area contributed by atoms with Crippen LogP contribution in [-0.4, -0.2) is 31.8 Å². The fourth-order valence-corrected chi connectivity index (χ4v) is 3.08. The maximum atomic E-state index is 12.3. The largest absolute Gasteiger partial charge is 0.493 e. The molecule has 3 rings (SSSR count). The van der Waals surface area contributed by atoms with Crippen molar-refractivity contribution in [3.63, 3.8) is 0 Å². The number of methoxy groups -OCH3 is 1. The van der Waals surface area contributed by atoms with Gasteiger partial charge < -0.3 is 14.2 Å². The molecule has 0 heterocycles. The SMILES string of the molecule is COc1cc(/C=N\NC(=O)COc2c(C)ccc(C)c2C)ccc1OC(=O)c1ccccc1. The molecule has 7 heteroatoms. The fourth-order valence-electron chi connectivity index (χ4n) is 3.08. The molecule has 0 radical (unpaired) electrons. The highest BCUT2D eigenvalue weighted by atomic mass is 16.6. The Morgan fingerprint density at radius 3 is 2.39 bits per heavy atom. The molecule has 0 bridgehead atoms. The quantitative estimate of drug-likeness (QED) is 0.240. The van der Waals surface area contributed by atoms with Gasteiger partial charge in [-0.2, -0.15) is 5.10 Å². The number of nitrogens with one attached hydrogen (secondary N) is 1. The number of ether oxygens (including phenoxy) is 3. The van der Waals surface area contributed by atoms with Gasteiger partial charge in [-0.25, -0.2) is 10.2 Å². The third-order valence-corrected chi connectivity index (χ3v) is 5.02. The minimum absolute atomic E-state index is 0.153. The molecule has 0 atom stereocenters. The Hall–Kier alpha value is -4.13. The maximum Gasteiger partial charge on any atom is 0.343 e. The van der Waals surface area contributed by atoms with Crippen LogP contribution in [0.4, 0.5) is 0 Å². The van der Waals surface area contributed by atoms with Crippen LogP contribution < -0.4 is 19.6 Å². The molecular formula is C26H26N2O5. The molecule has 0 aliphatic heterocycles. The first kappa shape index (κ1) is 23.5. The zero-order chi connectivity index (χ0) is 23.8. The monoisotopic (exact) mass is 446 g/mol. The fraction of sp³-hybridized carbons (Fsp3) is 0.192. The zero-order valence-corrected chi connectivity index (χ0v) is 19.0. The number of carbonyl (C=O) groups is 2. The summed E-state index contributed by atoms with van der Waals surface area (Å²) in [5.41, 5.74) is 6.60. The van der Waals surface area contributed by atoms with Crippen molar-refractivity contribution in [3.05, 3.63) is 88.5 Å². The molecule has 1 N–H and O–H groups in total. The van der Waals surface area contributed by atoms with E-state index in [1.165, 1.54) is 13.3 Å². The summed E-state index contributed by atoms with van der Waals surface area (Å²) in [6.45, 7) is 5.74. The lowest BCUT2D eigenvalue weighted by atomic mass is 10.1. The predicted octanol–water partition coefficient (Wildman–Crippen LogP) is 4.37. The van der Waals surface area contributed by atoms with Crippen LogP contribution in [0.1, 0.15) is 32.6 Å². The first-order valence-electron chi connectivity index (χ1n) is 10.4. The van der Waals surface area contributed by atoms with Crippen molar-refractivity contribution >= 4 is 18.1 Å². The van der Waals surface area contributed by atoms with Gasteiger partial charge in [-0.1, -0.05) is 30.3 Å². The van der Waals surface area contributed by atoms with Crippen molar-refractivity contribution in [2.24, 2.45) is 5.10 Å². The van der Waals surface area contributed by atoms with E-state index in [4.69, 9.17) is 14.2 Å². The number of hydrogen-bond donors (Lipinski definition) is 1. The third kappa shape index (κ3) is 6.20. The topological polar surface area (TPSA) is 86.2 Å². The minimum Gasteiger partial charge on any atom is -0.493 e. The van der Waals surface area contributed by atoms with E-state index in [1.807, 2.05) is 39.0 Å². The molecule has 0 saturated carbocycles. The molecular weight excluding hydrogens is 420 g/mol. The molecule has 0 unspecified atom stereocenters. The Morgan fingerprint density at radius 2 is 1.67 bits per heavy atom. The Balaban J connectivity index is 1.58. The average molecular weight is 447 g/mol. The number of nitrogens with zero attached hydrogens (tertiary/aromatic N) is 1. The smallest absolute Gasteiger partial charge is 0.343 e. The molecule has 0 fully saturated rings. The van der Waals surface area contributed by atoms with Crippen LogP contribution >= 0.6 is 0 Å². The van der Waals surface area contributed by atoms with E-state index >= 15 is 0 Å². The van der Waals surface area contributed by atoms with Crippen molar-refractivity contribution in [3.8, 4) is 17.2 Å². The molecule has 1 amide bonds. The summed E-state index contributed by atoms with van der Waals surface area (Å²) >= 11 is 0. The molecule has 7 nitrogen and oxygen atoms in total. The second kappa shape index (κ2) is 10.9. The first-order valence-corrected chi connectivity index (χ1v) is 10.4. The summed E-state index contributed by atoms with van der Waals surface area (Å²) in [6.07, 6.45) is 1.46. The highest BCUT2D eigenvalue weighted by molar-refractivity contribution is 5.91. The normalized spacial score (nSPS) is 10.7. The standard InChI is InChI=1S/C26H26N2O5/c1-17-10-11-18(2)25(19(17)3)32-16-24(29)28-27-15-20-12-13-22(23(14-20)31-4)33-26(30)21-8-6-5-7-9-21/h5-15H,16H2,1-4H3,(H,28,29)/b27-15-. The number of carbonyl (C=O) groups excluding carboxylic acids is 2. The van der Waals surface area contributed by atoms with E-state index in [1.54, 1.807) is 42.5 Å². The average Bonchev–Trinajstić information content (AvgIpc) is 2.83. The zero-order valence-electron chi connectivity index (χ0n) is 19.0. The summed E-state index contributed by atoms with van der Waals surface area (Å²) < 4.78 is 16.4. The second-order valence-electron chi connectivity index (χ2n) is 7.40. The molecule has 0 spiro atoms. The van der Waals surface area contributed by atoms with Crippen LogP contribution in [0.5, 0.6) is 17.2 Å². The van der Waals surface area contributed by atoms with E-state index in [-0.39, 0.29) is 18.3 Å². The van der Waals surface area contributed by atoms with Crippen LogP contribution in [0, 0.1) is 20.8 Å². The lowest BCUT2D eigenvalue weighted by molar-refractivity contribution is -0.123. The molecule has 0 saturated heterocycles. The minimum atomic E-state index is -0.485. The van der Waals surface area contributed by atoms with E-state index in [9.17, 15) is 9.59 Å². The number of esters is 1.